The highest BCUT2D eigenvalue weighted by atomic mass is 15.0. The Hall–Kier alpha value is -7.45. The Labute approximate surface area is 294 Å². The van der Waals surface area contributed by atoms with E-state index in [0.29, 0.717) is 16.7 Å². The Morgan fingerprint density at radius 1 is 0.373 bits per heavy atom. The summed E-state index contributed by atoms with van der Waals surface area (Å²) < 4.78 is 2.21. The topological polar surface area (TPSA) is 76.3 Å². The number of nitriles is 3. The molecule has 0 atom stereocenters. The lowest BCUT2D eigenvalue weighted by Gasteiger charge is -2.22. The third kappa shape index (κ3) is 4.58. The van der Waals surface area contributed by atoms with E-state index in [1.807, 2.05) is 66.7 Å². The predicted octanol–water partition coefficient (Wildman–Crippen LogP) is 11.7. The molecule has 0 unspecified atom stereocenters. The molecule has 51 heavy (non-hydrogen) atoms. The maximum atomic E-state index is 10.8. The van der Waals surface area contributed by atoms with Crippen LogP contribution in [0.25, 0.3) is 82.4 Å². The van der Waals surface area contributed by atoms with Crippen LogP contribution in [0.5, 0.6) is 0 Å². The van der Waals surface area contributed by atoms with Gasteiger partial charge in [0.05, 0.1) is 51.6 Å². The molecule has 0 radical (unpaired) electrons. The fourth-order valence-electron chi connectivity index (χ4n) is 7.77. The van der Waals surface area contributed by atoms with Crippen LogP contribution in [0.1, 0.15) is 16.7 Å². The fraction of sp³-hybridized carbons (Fsp3) is 0. The van der Waals surface area contributed by atoms with Crippen molar-refractivity contribution in [2.24, 2.45) is 0 Å². The molecule has 0 N–H and O–H groups in total. The zero-order valence-corrected chi connectivity index (χ0v) is 27.3. The quantitative estimate of drug-likeness (QED) is 0.179. The second kappa shape index (κ2) is 11.9. The van der Waals surface area contributed by atoms with Crippen LogP contribution < -0.4 is 0 Å². The van der Waals surface area contributed by atoms with Crippen molar-refractivity contribution in [3.8, 4) is 57.3 Å². The van der Waals surface area contributed by atoms with E-state index in [9.17, 15) is 15.8 Å². The minimum absolute atomic E-state index is 0.555. The SMILES string of the molecule is N#Cc1ccc2c(c1)c1cc(C#N)ccc1n2-c1ccccc1-c1cccc(C#N)c1-c1c2ccccc2c(-c2ccccc2)c2ccccc12. The minimum atomic E-state index is 0.555. The van der Waals surface area contributed by atoms with Gasteiger partial charge in [-0.2, -0.15) is 15.8 Å². The summed E-state index contributed by atoms with van der Waals surface area (Å²) in [6, 6.07) is 60.3. The molecule has 0 saturated heterocycles. The lowest BCUT2D eigenvalue weighted by molar-refractivity contribution is 1.18. The third-order valence-corrected chi connectivity index (χ3v) is 9.89. The van der Waals surface area contributed by atoms with Gasteiger partial charge in [-0.15, -0.1) is 0 Å². The first kappa shape index (κ1) is 29.7. The summed E-state index contributed by atoms with van der Waals surface area (Å²) in [5, 5.41) is 36.5. The molecule has 0 aliphatic heterocycles. The van der Waals surface area contributed by atoms with Gasteiger partial charge in [0.1, 0.15) is 0 Å². The van der Waals surface area contributed by atoms with Crippen LogP contribution in [0.4, 0.5) is 0 Å². The summed E-state index contributed by atoms with van der Waals surface area (Å²) in [6.07, 6.45) is 0. The monoisotopic (exact) mass is 646 g/mol. The van der Waals surface area contributed by atoms with E-state index in [0.717, 1.165) is 76.9 Å². The fourth-order valence-corrected chi connectivity index (χ4v) is 7.77. The third-order valence-electron chi connectivity index (χ3n) is 9.89. The molecule has 1 heterocycles. The van der Waals surface area contributed by atoms with Crippen molar-refractivity contribution < 1.29 is 0 Å². The molecular formula is C47H26N4. The first-order valence-corrected chi connectivity index (χ1v) is 16.7. The molecule has 0 bridgehead atoms. The van der Waals surface area contributed by atoms with Gasteiger partial charge in [0.15, 0.2) is 0 Å². The summed E-state index contributed by atoms with van der Waals surface area (Å²) in [5.74, 6) is 0. The average Bonchev–Trinajstić information content (AvgIpc) is 3.52. The molecule has 0 fully saturated rings. The molecule has 4 heteroatoms. The molecule has 0 aliphatic carbocycles. The highest BCUT2D eigenvalue weighted by Gasteiger charge is 2.23. The van der Waals surface area contributed by atoms with Crippen molar-refractivity contribution in [3.63, 3.8) is 0 Å². The highest BCUT2D eigenvalue weighted by Crippen LogP contribution is 2.48. The van der Waals surface area contributed by atoms with Gasteiger partial charge in [-0.3, -0.25) is 0 Å². The number of hydrogen-bond donors (Lipinski definition) is 0. The molecule has 0 amide bonds. The van der Waals surface area contributed by atoms with Crippen molar-refractivity contribution in [2.45, 2.75) is 0 Å². The van der Waals surface area contributed by atoms with E-state index < -0.39 is 0 Å². The molecular weight excluding hydrogens is 621 g/mol. The number of nitrogens with zero attached hydrogens (tertiary/aromatic N) is 4. The van der Waals surface area contributed by atoms with Crippen LogP contribution in [-0.2, 0) is 0 Å². The Morgan fingerprint density at radius 2 is 0.882 bits per heavy atom. The maximum Gasteiger partial charge on any atom is 0.0998 e. The Kier molecular flexibility index (Phi) is 6.93. The molecule has 1 aromatic heterocycles. The van der Waals surface area contributed by atoms with Crippen LogP contribution in [0.15, 0.2) is 158 Å². The number of aromatic nitrogens is 1. The van der Waals surface area contributed by atoms with Gasteiger partial charge in [0, 0.05) is 21.9 Å². The number of rotatable bonds is 4. The van der Waals surface area contributed by atoms with E-state index in [1.165, 1.54) is 5.56 Å². The largest absolute Gasteiger partial charge is 0.309 e. The summed E-state index contributed by atoms with van der Waals surface area (Å²) in [7, 11) is 0. The van der Waals surface area contributed by atoms with E-state index in [4.69, 9.17) is 0 Å². The average molecular weight is 647 g/mol. The molecule has 9 aromatic rings. The summed E-state index contributed by atoms with van der Waals surface area (Å²) in [4.78, 5) is 0. The first-order valence-electron chi connectivity index (χ1n) is 16.7. The van der Waals surface area contributed by atoms with Crippen LogP contribution >= 0.6 is 0 Å². The Balaban J connectivity index is 1.41. The number of benzene rings is 8. The minimum Gasteiger partial charge on any atom is -0.309 e. The first-order chi connectivity index (χ1) is 25.2. The standard InChI is InChI=1S/C47H26N4/c48-27-30-21-23-43-40(25-30)41-26-31(28-49)22-24-44(41)51(43)42-20-9-8-14-34(42)35-19-10-13-33(29-50)46(35)47-38-17-6-4-15-36(38)45(32-11-2-1-3-12-32)37-16-5-7-18-39(37)47/h1-26H. The van der Waals surface area contributed by atoms with Crippen molar-refractivity contribution in [1.82, 2.24) is 4.57 Å². The van der Waals surface area contributed by atoms with Crippen molar-refractivity contribution in [3.05, 3.63) is 174 Å². The van der Waals surface area contributed by atoms with Crippen LogP contribution in [0, 0.1) is 34.0 Å². The Morgan fingerprint density at radius 3 is 1.45 bits per heavy atom. The van der Waals surface area contributed by atoms with Crippen LogP contribution in [0.2, 0.25) is 0 Å². The molecule has 0 saturated carbocycles. The van der Waals surface area contributed by atoms with Gasteiger partial charge in [0.2, 0.25) is 0 Å². The lowest BCUT2D eigenvalue weighted by Crippen LogP contribution is -2.00. The van der Waals surface area contributed by atoms with E-state index >= 15 is 0 Å². The molecule has 0 spiro atoms. The van der Waals surface area contributed by atoms with Gasteiger partial charge in [0.25, 0.3) is 0 Å². The Bertz CT molecular complexity index is 2870. The molecule has 4 nitrogen and oxygen atoms in total. The van der Waals surface area contributed by atoms with Gasteiger partial charge < -0.3 is 4.57 Å². The summed E-state index contributed by atoms with van der Waals surface area (Å²) >= 11 is 0. The van der Waals surface area contributed by atoms with Crippen LogP contribution in [-0.4, -0.2) is 4.57 Å². The van der Waals surface area contributed by atoms with Crippen molar-refractivity contribution in [2.75, 3.05) is 0 Å². The van der Waals surface area contributed by atoms with Gasteiger partial charge in [-0.1, -0.05) is 109 Å². The second-order valence-corrected chi connectivity index (χ2v) is 12.6. The number of para-hydroxylation sites is 1. The van der Waals surface area contributed by atoms with E-state index in [1.54, 1.807) is 0 Å². The second-order valence-electron chi connectivity index (χ2n) is 12.6. The highest BCUT2D eigenvalue weighted by molar-refractivity contribution is 6.23. The number of hydrogen-bond acceptors (Lipinski definition) is 3. The zero-order valence-electron chi connectivity index (χ0n) is 27.3. The summed E-state index contributed by atoms with van der Waals surface area (Å²) in [5.41, 5.74) is 10.6. The normalized spacial score (nSPS) is 11.1. The van der Waals surface area contributed by atoms with Gasteiger partial charge >= 0.3 is 0 Å². The molecule has 8 aromatic carbocycles. The van der Waals surface area contributed by atoms with Gasteiger partial charge in [-0.05, 0) is 92.3 Å². The van der Waals surface area contributed by atoms with Crippen molar-refractivity contribution in [1.29, 1.82) is 15.8 Å². The lowest BCUT2D eigenvalue weighted by atomic mass is 9.82. The zero-order chi connectivity index (χ0) is 34.5. The molecule has 0 aliphatic rings. The summed E-state index contributed by atoms with van der Waals surface area (Å²) in [6.45, 7) is 0. The maximum absolute atomic E-state index is 10.8. The van der Waals surface area contributed by atoms with Crippen LogP contribution in [0.3, 0.4) is 0 Å². The molecule has 9 rings (SSSR count). The van der Waals surface area contributed by atoms with Crippen molar-refractivity contribution >= 4 is 43.4 Å². The van der Waals surface area contributed by atoms with E-state index in [-0.39, 0.29) is 0 Å². The van der Waals surface area contributed by atoms with Gasteiger partial charge in [-0.25, -0.2) is 0 Å². The number of fused-ring (bicyclic) bond motifs is 5. The smallest absolute Gasteiger partial charge is 0.0998 e. The predicted molar refractivity (Wildman–Crippen MR) is 206 cm³/mol. The molecule has 234 valence electrons. The van der Waals surface area contributed by atoms with E-state index in [2.05, 4.69) is 114 Å².